The molecule has 1 amide bonds. The third-order valence-electron chi connectivity index (χ3n) is 5.58. The Morgan fingerprint density at radius 2 is 1.53 bits per heavy atom. The Bertz CT molecular complexity index is 1220. The largest absolute Gasteiger partial charge is 0.388 e. The number of anilines is 2. The number of aromatic amines is 1. The molecule has 2 aromatic heterocycles. The summed E-state index contributed by atoms with van der Waals surface area (Å²) in [6.07, 6.45) is 6.51. The first-order valence-corrected chi connectivity index (χ1v) is 12.8. The molecule has 4 rings (SSSR count). The Morgan fingerprint density at radius 1 is 0.868 bits per heavy atom. The van der Waals surface area contributed by atoms with E-state index in [9.17, 15) is 9.59 Å². The highest BCUT2D eigenvalue weighted by atomic mass is 16.1. The van der Waals surface area contributed by atoms with Crippen molar-refractivity contribution in [3.8, 4) is 0 Å². The summed E-state index contributed by atoms with van der Waals surface area (Å²) in [6.45, 7) is 8.67. The van der Waals surface area contributed by atoms with Crippen LogP contribution < -0.4 is 10.6 Å². The SMILES string of the molecule is CC(C)c1cccc(NC(=O)Cc2ccccn2)c1.CNc1cccc(C(C)C)c1.O=CCc1ncc[nH]1. The molecule has 2 aromatic carbocycles. The smallest absolute Gasteiger partial charge is 0.230 e. The highest BCUT2D eigenvalue weighted by Gasteiger charge is 2.06. The number of aromatic nitrogens is 3. The van der Waals surface area contributed by atoms with Gasteiger partial charge in [-0.05, 0) is 59.4 Å². The van der Waals surface area contributed by atoms with Crippen LogP contribution in [0.25, 0.3) is 0 Å². The van der Waals surface area contributed by atoms with E-state index in [-0.39, 0.29) is 5.91 Å². The molecule has 7 nitrogen and oxygen atoms in total. The Morgan fingerprint density at radius 3 is 2.05 bits per heavy atom. The van der Waals surface area contributed by atoms with Crippen molar-refractivity contribution in [2.75, 3.05) is 17.7 Å². The number of pyridine rings is 1. The number of carbonyl (C=O) groups is 2. The van der Waals surface area contributed by atoms with Crippen LogP contribution in [0.1, 0.15) is 62.2 Å². The minimum atomic E-state index is -0.0420. The van der Waals surface area contributed by atoms with Gasteiger partial charge in [-0.1, -0.05) is 58.0 Å². The molecule has 7 heteroatoms. The number of carbonyl (C=O) groups excluding carboxylic acids is 2. The molecule has 0 fully saturated rings. The second kappa shape index (κ2) is 16.5. The van der Waals surface area contributed by atoms with Crippen LogP contribution in [0.3, 0.4) is 0 Å². The number of amides is 1. The summed E-state index contributed by atoms with van der Waals surface area (Å²) in [5.74, 6) is 1.75. The van der Waals surface area contributed by atoms with Gasteiger partial charge in [-0.25, -0.2) is 4.98 Å². The fourth-order valence-corrected chi connectivity index (χ4v) is 3.39. The van der Waals surface area contributed by atoms with E-state index in [1.807, 2.05) is 43.4 Å². The summed E-state index contributed by atoms with van der Waals surface area (Å²) in [7, 11) is 1.94. The zero-order valence-electron chi connectivity index (χ0n) is 22.9. The van der Waals surface area contributed by atoms with Crippen molar-refractivity contribution in [1.82, 2.24) is 15.0 Å². The number of aldehydes is 1. The molecule has 0 radical (unpaired) electrons. The van der Waals surface area contributed by atoms with Crippen molar-refractivity contribution in [3.63, 3.8) is 0 Å². The van der Waals surface area contributed by atoms with Gasteiger partial charge in [-0.3, -0.25) is 9.78 Å². The molecule has 200 valence electrons. The van der Waals surface area contributed by atoms with Gasteiger partial charge in [0.1, 0.15) is 12.1 Å². The number of imidazole rings is 1. The van der Waals surface area contributed by atoms with E-state index in [4.69, 9.17) is 0 Å². The average Bonchev–Trinajstić information content (AvgIpc) is 3.44. The Balaban J connectivity index is 0.000000224. The summed E-state index contributed by atoms with van der Waals surface area (Å²) in [5, 5.41) is 6.03. The van der Waals surface area contributed by atoms with Crippen LogP contribution in [-0.4, -0.2) is 34.2 Å². The lowest BCUT2D eigenvalue weighted by molar-refractivity contribution is -0.115. The first-order chi connectivity index (χ1) is 18.3. The predicted octanol–water partition coefficient (Wildman–Crippen LogP) is 6.39. The molecule has 38 heavy (non-hydrogen) atoms. The van der Waals surface area contributed by atoms with E-state index in [0.717, 1.165) is 23.5 Å². The molecule has 0 aliphatic carbocycles. The predicted molar refractivity (Wildman–Crippen MR) is 156 cm³/mol. The maximum absolute atomic E-state index is 11.9. The number of nitrogens with zero attached hydrogens (tertiary/aromatic N) is 2. The molecule has 0 atom stereocenters. The molecule has 0 aliphatic heterocycles. The molecule has 0 unspecified atom stereocenters. The monoisotopic (exact) mass is 513 g/mol. The maximum atomic E-state index is 11.9. The topological polar surface area (TPSA) is 99.8 Å². The molecular formula is C31H39N5O2. The van der Waals surface area contributed by atoms with Crippen LogP contribution in [0, 0.1) is 0 Å². The lowest BCUT2D eigenvalue weighted by Crippen LogP contribution is -2.15. The molecule has 0 saturated heterocycles. The minimum absolute atomic E-state index is 0.0420. The third kappa shape index (κ3) is 11.2. The molecule has 0 aliphatic rings. The number of hydrogen-bond acceptors (Lipinski definition) is 5. The molecule has 0 spiro atoms. The van der Waals surface area contributed by atoms with Crippen molar-refractivity contribution >= 4 is 23.6 Å². The van der Waals surface area contributed by atoms with Gasteiger partial charge in [0.05, 0.1) is 12.8 Å². The van der Waals surface area contributed by atoms with Gasteiger partial charge >= 0.3 is 0 Å². The normalized spacial score (nSPS) is 10.1. The van der Waals surface area contributed by atoms with Crippen LogP contribution in [-0.2, 0) is 22.4 Å². The second-order valence-electron chi connectivity index (χ2n) is 9.26. The third-order valence-corrected chi connectivity index (χ3v) is 5.58. The number of benzene rings is 2. The Kier molecular flexibility index (Phi) is 13.0. The van der Waals surface area contributed by atoms with Gasteiger partial charge in [-0.2, -0.15) is 0 Å². The van der Waals surface area contributed by atoms with Gasteiger partial charge in [-0.15, -0.1) is 0 Å². The van der Waals surface area contributed by atoms with E-state index >= 15 is 0 Å². The first-order valence-electron chi connectivity index (χ1n) is 12.8. The Labute approximate surface area is 226 Å². The molecule has 3 N–H and O–H groups in total. The van der Waals surface area contributed by atoms with Crippen molar-refractivity contribution < 1.29 is 9.59 Å². The molecule has 0 bridgehead atoms. The van der Waals surface area contributed by atoms with Crippen LogP contribution in [0.2, 0.25) is 0 Å². The molecule has 0 saturated carbocycles. The number of hydrogen-bond donors (Lipinski definition) is 3. The number of rotatable bonds is 8. The fraction of sp³-hybridized carbons (Fsp3) is 0.290. The summed E-state index contributed by atoms with van der Waals surface area (Å²) in [4.78, 5) is 32.5. The standard InChI is InChI=1S/C16H18N2O.C10H15N.C5H6N2O/c1-12(2)13-6-5-8-15(10-13)18-16(19)11-14-7-3-4-9-17-14;1-8(2)9-5-4-6-10(7-9)11-3;8-4-1-5-6-2-3-7-5/h3-10,12H,11H2,1-2H3,(H,18,19);4-8,11H,1-3H3;2-4H,1H2,(H,6,7). The van der Waals surface area contributed by atoms with Crippen LogP contribution in [0.5, 0.6) is 0 Å². The van der Waals surface area contributed by atoms with Crippen molar-refractivity contribution in [2.45, 2.75) is 52.4 Å². The summed E-state index contributed by atoms with van der Waals surface area (Å²) in [6, 6.07) is 22.0. The van der Waals surface area contributed by atoms with Gasteiger partial charge < -0.3 is 20.4 Å². The van der Waals surface area contributed by atoms with Crippen molar-refractivity contribution in [1.29, 1.82) is 0 Å². The van der Waals surface area contributed by atoms with Gasteiger partial charge in [0.25, 0.3) is 0 Å². The van der Waals surface area contributed by atoms with E-state index in [2.05, 4.69) is 83.6 Å². The van der Waals surface area contributed by atoms with Crippen molar-refractivity contribution in [2.24, 2.45) is 0 Å². The zero-order chi connectivity index (χ0) is 27.8. The first kappa shape index (κ1) is 30.0. The Hall–Kier alpha value is -4.26. The fourth-order valence-electron chi connectivity index (χ4n) is 3.39. The molecule has 2 heterocycles. The molecule has 4 aromatic rings. The van der Waals surface area contributed by atoms with Crippen LogP contribution in [0.4, 0.5) is 11.4 Å². The van der Waals surface area contributed by atoms with E-state index < -0.39 is 0 Å². The van der Waals surface area contributed by atoms with Gasteiger partial charge in [0.15, 0.2) is 0 Å². The van der Waals surface area contributed by atoms with E-state index in [0.29, 0.717) is 24.7 Å². The summed E-state index contributed by atoms with van der Waals surface area (Å²) in [5.41, 5.74) is 5.41. The van der Waals surface area contributed by atoms with Crippen LogP contribution in [0.15, 0.2) is 85.3 Å². The number of H-pyrrole nitrogens is 1. The second-order valence-corrected chi connectivity index (χ2v) is 9.26. The van der Waals surface area contributed by atoms with E-state index in [1.54, 1.807) is 18.6 Å². The lowest BCUT2D eigenvalue weighted by Gasteiger charge is -2.09. The summed E-state index contributed by atoms with van der Waals surface area (Å²) < 4.78 is 0. The van der Waals surface area contributed by atoms with Crippen LogP contribution >= 0.6 is 0 Å². The lowest BCUT2D eigenvalue weighted by atomic mass is 10.0. The van der Waals surface area contributed by atoms with E-state index in [1.165, 1.54) is 16.8 Å². The maximum Gasteiger partial charge on any atom is 0.230 e. The minimum Gasteiger partial charge on any atom is -0.388 e. The quantitative estimate of drug-likeness (QED) is 0.237. The van der Waals surface area contributed by atoms with Gasteiger partial charge in [0.2, 0.25) is 5.91 Å². The highest BCUT2D eigenvalue weighted by molar-refractivity contribution is 5.92. The summed E-state index contributed by atoms with van der Waals surface area (Å²) >= 11 is 0. The highest BCUT2D eigenvalue weighted by Crippen LogP contribution is 2.19. The zero-order valence-corrected chi connectivity index (χ0v) is 22.9. The van der Waals surface area contributed by atoms with Gasteiger partial charge in [0, 0.05) is 42.7 Å². The van der Waals surface area contributed by atoms with Crippen molar-refractivity contribution in [3.05, 3.63) is 108 Å². The average molecular weight is 514 g/mol. The number of nitrogens with one attached hydrogen (secondary N) is 3. The molecular weight excluding hydrogens is 474 g/mol.